The Labute approximate surface area is 155 Å². The zero-order valence-electron chi connectivity index (χ0n) is 14.8. The maximum absolute atomic E-state index is 12.6. The van der Waals surface area contributed by atoms with Gasteiger partial charge in [0.05, 0.1) is 35.7 Å². The van der Waals surface area contributed by atoms with Crippen LogP contribution in [-0.4, -0.2) is 27.3 Å². The lowest BCUT2D eigenvalue weighted by molar-refractivity contribution is 0.0366. The van der Waals surface area contributed by atoms with Crippen LogP contribution in [0.2, 0.25) is 0 Å². The van der Waals surface area contributed by atoms with Crippen molar-refractivity contribution >= 4 is 16.9 Å². The number of hydrogen-bond acceptors (Lipinski definition) is 5. The van der Waals surface area contributed by atoms with Gasteiger partial charge in [0.25, 0.3) is 5.91 Å². The van der Waals surface area contributed by atoms with Crippen molar-refractivity contribution in [2.75, 3.05) is 6.61 Å². The van der Waals surface area contributed by atoms with E-state index in [1.807, 2.05) is 42.5 Å². The van der Waals surface area contributed by atoms with Gasteiger partial charge in [-0.1, -0.05) is 30.3 Å². The molecule has 4 aromatic rings. The van der Waals surface area contributed by atoms with E-state index in [1.54, 1.807) is 30.1 Å². The number of carbonyl (C=O) groups excluding carboxylic acids is 1. The molecule has 0 aliphatic heterocycles. The standard InChI is InChI=1S/C20H18N4O3/c1-2-27-23-20(25)16-11-18(14-7-4-3-5-8-14)22-19-17(16)12-21-24(19)13-15-9-6-10-26-15/h3-12H,2,13H2,1H3,(H,23,25). The topological polar surface area (TPSA) is 82.2 Å². The Kier molecular flexibility index (Phi) is 4.67. The van der Waals surface area contributed by atoms with E-state index in [0.717, 1.165) is 11.3 Å². The molecule has 0 unspecified atom stereocenters. The van der Waals surface area contributed by atoms with Crippen LogP contribution in [0.15, 0.2) is 65.4 Å². The molecule has 1 aromatic carbocycles. The van der Waals surface area contributed by atoms with Crippen LogP contribution in [0.25, 0.3) is 22.3 Å². The Balaban J connectivity index is 1.84. The number of nitrogens with one attached hydrogen (secondary N) is 1. The van der Waals surface area contributed by atoms with Gasteiger partial charge in [-0.25, -0.2) is 15.1 Å². The predicted octanol–water partition coefficient (Wildman–Crippen LogP) is 3.42. The summed E-state index contributed by atoms with van der Waals surface area (Å²) < 4.78 is 7.13. The Morgan fingerprint density at radius 3 is 2.81 bits per heavy atom. The quantitative estimate of drug-likeness (QED) is 0.532. The lowest BCUT2D eigenvalue weighted by atomic mass is 10.1. The second kappa shape index (κ2) is 7.43. The number of amides is 1. The summed E-state index contributed by atoms with van der Waals surface area (Å²) in [6, 6.07) is 15.2. The number of aromatic nitrogens is 3. The summed E-state index contributed by atoms with van der Waals surface area (Å²) in [5.41, 5.74) is 5.11. The fourth-order valence-electron chi connectivity index (χ4n) is 2.85. The van der Waals surface area contributed by atoms with Gasteiger partial charge in [-0.2, -0.15) is 5.10 Å². The number of furan rings is 1. The van der Waals surface area contributed by atoms with Gasteiger partial charge in [0.15, 0.2) is 5.65 Å². The van der Waals surface area contributed by atoms with Crippen LogP contribution in [0.4, 0.5) is 0 Å². The van der Waals surface area contributed by atoms with Crippen molar-refractivity contribution < 1.29 is 14.0 Å². The first-order valence-corrected chi connectivity index (χ1v) is 8.62. The average Bonchev–Trinajstić information content (AvgIpc) is 3.36. The third kappa shape index (κ3) is 3.45. The molecule has 3 heterocycles. The number of fused-ring (bicyclic) bond motifs is 1. The predicted molar refractivity (Wildman–Crippen MR) is 99.9 cm³/mol. The Morgan fingerprint density at radius 1 is 1.22 bits per heavy atom. The molecular formula is C20H18N4O3. The maximum Gasteiger partial charge on any atom is 0.275 e. The van der Waals surface area contributed by atoms with Crippen molar-refractivity contribution in [3.63, 3.8) is 0 Å². The largest absolute Gasteiger partial charge is 0.467 e. The summed E-state index contributed by atoms with van der Waals surface area (Å²) in [4.78, 5) is 22.4. The molecular weight excluding hydrogens is 344 g/mol. The number of hydroxylamine groups is 1. The fourth-order valence-corrected chi connectivity index (χ4v) is 2.85. The van der Waals surface area contributed by atoms with Crippen LogP contribution in [0.5, 0.6) is 0 Å². The first kappa shape index (κ1) is 17.0. The van der Waals surface area contributed by atoms with Crippen LogP contribution in [-0.2, 0) is 11.4 Å². The molecule has 7 nitrogen and oxygen atoms in total. The molecule has 136 valence electrons. The van der Waals surface area contributed by atoms with Gasteiger partial charge in [0.1, 0.15) is 12.3 Å². The molecule has 0 spiro atoms. The van der Waals surface area contributed by atoms with Gasteiger partial charge >= 0.3 is 0 Å². The van der Waals surface area contributed by atoms with E-state index in [1.165, 1.54) is 0 Å². The molecule has 0 fully saturated rings. The first-order valence-electron chi connectivity index (χ1n) is 8.62. The Bertz CT molecular complexity index is 1060. The van der Waals surface area contributed by atoms with Crippen molar-refractivity contribution in [3.8, 4) is 11.3 Å². The summed E-state index contributed by atoms with van der Waals surface area (Å²) in [7, 11) is 0. The molecule has 0 saturated carbocycles. The van der Waals surface area contributed by atoms with Crippen LogP contribution in [0.1, 0.15) is 23.0 Å². The molecule has 0 saturated heterocycles. The lowest BCUT2D eigenvalue weighted by Gasteiger charge is -2.09. The molecule has 7 heteroatoms. The van der Waals surface area contributed by atoms with Gasteiger partial charge < -0.3 is 4.42 Å². The Hall–Kier alpha value is -3.45. The van der Waals surface area contributed by atoms with Crippen molar-refractivity contribution in [2.24, 2.45) is 0 Å². The normalized spacial score (nSPS) is 11.0. The highest BCUT2D eigenvalue weighted by molar-refractivity contribution is 6.06. The van der Waals surface area contributed by atoms with Gasteiger partial charge in [-0.3, -0.25) is 9.63 Å². The van der Waals surface area contributed by atoms with Crippen molar-refractivity contribution in [1.82, 2.24) is 20.2 Å². The van der Waals surface area contributed by atoms with Crippen molar-refractivity contribution in [1.29, 1.82) is 0 Å². The molecule has 1 N–H and O–H groups in total. The smallest absolute Gasteiger partial charge is 0.275 e. The van der Waals surface area contributed by atoms with Crippen LogP contribution >= 0.6 is 0 Å². The molecule has 3 aromatic heterocycles. The summed E-state index contributed by atoms with van der Waals surface area (Å²) >= 11 is 0. The zero-order chi connectivity index (χ0) is 18.6. The number of rotatable bonds is 6. The summed E-state index contributed by atoms with van der Waals surface area (Å²) in [6.45, 7) is 2.61. The highest BCUT2D eigenvalue weighted by atomic mass is 16.6. The summed E-state index contributed by atoms with van der Waals surface area (Å²) in [6.07, 6.45) is 3.26. The highest BCUT2D eigenvalue weighted by Crippen LogP contribution is 2.25. The van der Waals surface area contributed by atoms with E-state index in [4.69, 9.17) is 14.2 Å². The average molecular weight is 362 g/mol. The number of carbonyl (C=O) groups is 1. The first-order chi connectivity index (χ1) is 13.3. The van der Waals surface area contributed by atoms with Crippen LogP contribution in [0.3, 0.4) is 0 Å². The fraction of sp³-hybridized carbons (Fsp3) is 0.150. The third-order valence-electron chi connectivity index (χ3n) is 4.12. The molecule has 27 heavy (non-hydrogen) atoms. The van der Waals surface area contributed by atoms with E-state index >= 15 is 0 Å². The number of nitrogens with zero attached hydrogens (tertiary/aromatic N) is 3. The van der Waals surface area contributed by atoms with E-state index in [9.17, 15) is 4.79 Å². The molecule has 1 amide bonds. The van der Waals surface area contributed by atoms with E-state index in [-0.39, 0.29) is 5.91 Å². The molecule has 0 radical (unpaired) electrons. The van der Waals surface area contributed by atoms with E-state index < -0.39 is 0 Å². The third-order valence-corrected chi connectivity index (χ3v) is 4.12. The highest BCUT2D eigenvalue weighted by Gasteiger charge is 2.18. The minimum Gasteiger partial charge on any atom is -0.467 e. The van der Waals surface area contributed by atoms with Crippen molar-refractivity contribution in [3.05, 3.63) is 72.3 Å². The molecule has 0 aliphatic carbocycles. The lowest BCUT2D eigenvalue weighted by Crippen LogP contribution is -2.24. The number of hydrogen-bond donors (Lipinski definition) is 1. The Morgan fingerprint density at radius 2 is 2.07 bits per heavy atom. The number of benzene rings is 1. The van der Waals surface area contributed by atoms with Gasteiger partial charge in [-0.15, -0.1) is 0 Å². The zero-order valence-corrected chi connectivity index (χ0v) is 14.8. The van der Waals surface area contributed by atoms with Crippen LogP contribution in [0, 0.1) is 0 Å². The molecule has 0 atom stereocenters. The molecule has 0 bridgehead atoms. The van der Waals surface area contributed by atoms with Crippen molar-refractivity contribution in [2.45, 2.75) is 13.5 Å². The van der Waals surface area contributed by atoms with Gasteiger partial charge in [-0.05, 0) is 25.1 Å². The SMILES string of the molecule is CCONC(=O)c1cc(-c2ccccc2)nc2c1cnn2Cc1ccco1. The number of pyridine rings is 1. The van der Waals surface area contributed by atoms with Crippen LogP contribution < -0.4 is 5.48 Å². The van der Waals surface area contributed by atoms with E-state index in [2.05, 4.69) is 10.6 Å². The van der Waals surface area contributed by atoms with Gasteiger partial charge in [0.2, 0.25) is 0 Å². The summed E-state index contributed by atoms with van der Waals surface area (Å²) in [5, 5.41) is 5.05. The molecule has 0 aliphatic rings. The minimum absolute atomic E-state index is 0.334. The second-order valence-electron chi connectivity index (χ2n) is 5.90. The molecule has 4 rings (SSSR count). The minimum atomic E-state index is -0.334. The summed E-state index contributed by atoms with van der Waals surface area (Å²) in [5.74, 6) is 0.422. The van der Waals surface area contributed by atoms with Gasteiger partial charge in [0, 0.05) is 5.56 Å². The van der Waals surface area contributed by atoms with E-state index in [0.29, 0.717) is 35.4 Å². The monoisotopic (exact) mass is 362 g/mol. The second-order valence-corrected chi connectivity index (χ2v) is 5.90. The maximum atomic E-state index is 12.6.